The van der Waals surface area contributed by atoms with Crippen molar-refractivity contribution in [3.63, 3.8) is 0 Å². The molecule has 7 aromatic rings. The monoisotopic (exact) mass is 767 g/mol. The molecule has 1 saturated heterocycles. The smallest absolute Gasteiger partial charge is 0.416 e. The van der Waals surface area contributed by atoms with Crippen LogP contribution in [0.15, 0.2) is 127 Å². The van der Waals surface area contributed by atoms with E-state index in [2.05, 4.69) is 122 Å². The van der Waals surface area contributed by atoms with Gasteiger partial charge < -0.3 is 9.64 Å². The molecule has 2 aliphatic heterocycles. The predicted octanol–water partition coefficient (Wildman–Crippen LogP) is 14.0. The molecule has 0 bridgehead atoms. The van der Waals surface area contributed by atoms with Crippen LogP contribution in [0.3, 0.4) is 0 Å². The van der Waals surface area contributed by atoms with Gasteiger partial charge in [-0.3, -0.25) is 0 Å². The number of hydrogen-bond acceptors (Lipinski definition) is 2. The van der Waals surface area contributed by atoms with Gasteiger partial charge in [-0.2, -0.15) is 13.2 Å². The van der Waals surface area contributed by atoms with E-state index in [0.717, 1.165) is 63.0 Å². The second-order valence-corrected chi connectivity index (χ2v) is 17.8. The second kappa shape index (κ2) is 12.1. The molecule has 1 unspecified atom stereocenters. The summed E-state index contributed by atoms with van der Waals surface area (Å²) in [4.78, 5) is 2.48. The molecule has 0 saturated carbocycles. The molecule has 288 valence electrons. The average molecular weight is 768 g/mol. The predicted molar refractivity (Wildman–Crippen MR) is 231 cm³/mol. The van der Waals surface area contributed by atoms with E-state index in [1.54, 1.807) is 6.07 Å². The highest BCUT2D eigenvalue weighted by atomic mass is 19.4. The molecular weight excluding hydrogens is 724 g/mol. The summed E-state index contributed by atoms with van der Waals surface area (Å²) in [6.45, 7) is 10.9. The molecule has 0 aromatic heterocycles. The van der Waals surface area contributed by atoms with Crippen LogP contribution >= 0.6 is 0 Å². The Hall–Kier alpha value is -5.81. The van der Waals surface area contributed by atoms with Gasteiger partial charge in [-0.25, -0.2) is 0 Å². The lowest BCUT2D eigenvalue weighted by molar-refractivity contribution is -0.137. The van der Waals surface area contributed by atoms with E-state index < -0.39 is 22.8 Å². The number of fused-ring (bicyclic) bond motifs is 13. The van der Waals surface area contributed by atoms with Crippen molar-refractivity contribution in [2.24, 2.45) is 0 Å². The van der Waals surface area contributed by atoms with Crippen LogP contribution in [0.4, 0.5) is 18.9 Å². The third-order valence-corrected chi connectivity index (χ3v) is 13.9. The number of piperidine rings is 1. The number of anilines is 1. The van der Waals surface area contributed by atoms with Gasteiger partial charge in [0, 0.05) is 51.7 Å². The number of alkyl halides is 3. The van der Waals surface area contributed by atoms with E-state index in [1.807, 2.05) is 26.0 Å². The van der Waals surface area contributed by atoms with Gasteiger partial charge in [-0.15, -0.1) is 0 Å². The lowest BCUT2D eigenvalue weighted by Gasteiger charge is -2.39. The summed E-state index contributed by atoms with van der Waals surface area (Å²) >= 11 is 0. The van der Waals surface area contributed by atoms with Gasteiger partial charge in [0.1, 0.15) is 5.75 Å². The molecule has 7 aromatic carbocycles. The van der Waals surface area contributed by atoms with Gasteiger partial charge in [-0.1, -0.05) is 125 Å². The minimum atomic E-state index is -4.44. The van der Waals surface area contributed by atoms with Crippen LogP contribution in [-0.2, 0) is 22.6 Å². The molecule has 2 nitrogen and oxygen atoms in total. The fourth-order valence-electron chi connectivity index (χ4n) is 11.0. The van der Waals surface area contributed by atoms with Crippen molar-refractivity contribution in [1.82, 2.24) is 0 Å². The summed E-state index contributed by atoms with van der Waals surface area (Å²) in [6, 6.07) is 41.5. The number of nitrogens with zero attached hydrogens (tertiary/aromatic N) is 1. The van der Waals surface area contributed by atoms with Crippen LogP contribution in [0.1, 0.15) is 91.5 Å². The van der Waals surface area contributed by atoms with Gasteiger partial charge in [0.05, 0.1) is 5.56 Å². The Bertz CT molecular complexity index is 2890. The number of halogens is 3. The Balaban J connectivity index is 1.13. The van der Waals surface area contributed by atoms with Gasteiger partial charge >= 0.3 is 6.18 Å². The van der Waals surface area contributed by atoms with Gasteiger partial charge in [0.15, 0.2) is 5.60 Å². The summed E-state index contributed by atoms with van der Waals surface area (Å²) in [5.74, 6) is 0.753. The van der Waals surface area contributed by atoms with Crippen LogP contribution < -0.4 is 9.64 Å². The highest BCUT2D eigenvalue weighted by molar-refractivity contribution is 6.08. The van der Waals surface area contributed by atoms with E-state index in [9.17, 15) is 13.2 Å². The van der Waals surface area contributed by atoms with E-state index in [4.69, 9.17) is 4.74 Å². The lowest BCUT2D eigenvalue weighted by atomic mass is 9.75. The van der Waals surface area contributed by atoms with E-state index >= 15 is 0 Å². The van der Waals surface area contributed by atoms with Crippen molar-refractivity contribution >= 4 is 33.3 Å². The molecule has 1 fully saturated rings. The quantitative estimate of drug-likeness (QED) is 0.178. The van der Waals surface area contributed by atoms with E-state index in [-0.39, 0.29) is 5.41 Å². The Labute approximate surface area is 337 Å². The Morgan fingerprint density at radius 3 is 1.98 bits per heavy atom. The zero-order valence-electron chi connectivity index (χ0n) is 33.2. The Morgan fingerprint density at radius 2 is 1.22 bits per heavy atom. The Kier molecular flexibility index (Phi) is 7.38. The van der Waals surface area contributed by atoms with Crippen molar-refractivity contribution in [2.45, 2.75) is 69.6 Å². The van der Waals surface area contributed by atoms with Crippen LogP contribution in [0.2, 0.25) is 0 Å². The summed E-state index contributed by atoms with van der Waals surface area (Å²) in [7, 11) is 0. The fraction of sp³-hybridized carbons (Fsp3) is 0.245. The van der Waals surface area contributed by atoms with Crippen molar-refractivity contribution in [3.05, 3.63) is 172 Å². The van der Waals surface area contributed by atoms with Crippen LogP contribution in [0.25, 0.3) is 49.9 Å². The van der Waals surface area contributed by atoms with Crippen LogP contribution in [0, 0.1) is 0 Å². The molecule has 0 spiro atoms. The van der Waals surface area contributed by atoms with Gasteiger partial charge in [0.2, 0.25) is 0 Å². The third-order valence-electron chi connectivity index (χ3n) is 13.9. The van der Waals surface area contributed by atoms with E-state index in [1.165, 1.54) is 70.1 Å². The molecule has 5 heteroatoms. The summed E-state index contributed by atoms with van der Waals surface area (Å²) in [6.07, 6.45) is 3.63. The second-order valence-electron chi connectivity index (χ2n) is 17.8. The van der Waals surface area contributed by atoms with E-state index in [0.29, 0.717) is 5.56 Å². The maximum atomic E-state index is 14.1. The molecular formula is C53H44F3NO. The number of rotatable bonds is 3. The van der Waals surface area contributed by atoms with Gasteiger partial charge in [0.25, 0.3) is 0 Å². The zero-order valence-corrected chi connectivity index (χ0v) is 33.2. The van der Waals surface area contributed by atoms with Crippen molar-refractivity contribution < 1.29 is 17.9 Å². The standard InChI is InChI=1S/C53H44F3NO/c1-50(2)44-30-34(19-24-38(44)40-23-16-32-12-6-7-13-37(32)47(40)50)52(33-17-21-36(22-18-33)57-28-10-5-11-29-57)27-26-43-48-46(39-14-8-9-15-41(39)49(43)58-52)42-25-20-35(53(54,55)56)31-45(42)51(48,3)4/h6-9,12-27,30-31H,5,10-11,28-29H2,1-4H3. The van der Waals surface area contributed by atoms with Crippen molar-refractivity contribution in [2.75, 3.05) is 18.0 Å². The maximum absolute atomic E-state index is 14.1. The van der Waals surface area contributed by atoms with Crippen LogP contribution in [-0.4, -0.2) is 13.1 Å². The third kappa shape index (κ3) is 4.85. The zero-order chi connectivity index (χ0) is 39.8. The summed E-state index contributed by atoms with van der Waals surface area (Å²) in [5, 5.41) is 4.44. The number of hydrogen-bond donors (Lipinski definition) is 0. The normalized spacial score (nSPS) is 19.7. The largest absolute Gasteiger partial charge is 0.472 e. The first-order valence-electron chi connectivity index (χ1n) is 20.6. The summed E-state index contributed by atoms with van der Waals surface area (Å²) in [5.41, 5.74) is 10.2. The Morgan fingerprint density at radius 1 is 0.586 bits per heavy atom. The lowest BCUT2D eigenvalue weighted by Crippen LogP contribution is -2.35. The minimum absolute atomic E-state index is 0.268. The topological polar surface area (TPSA) is 12.5 Å². The molecule has 0 N–H and O–H groups in total. The molecule has 0 radical (unpaired) electrons. The SMILES string of the molecule is CC1(C)c2cc(C(F)(F)F)ccc2-c2c1c1c(c3ccccc23)OC(c2ccc(N3CCCCC3)cc2)(c2ccc3c(c2)C(C)(C)c2c-3ccc3ccccc23)C=C1. The molecule has 0 amide bonds. The first kappa shape index (κ1) is 35.4. The molecule has 58 heavy (non-hydrogen) atoms. The number of benzene rings is 7. The van der Waals surface area contributed by atoms with Crippen molar-refractivity contribution in [3.8, 4) is 28.0 Å². The highest BCUT2D eigenvalue weighted by Gasteiger charge is 2.46. The van der Waals surface area contributed by atoms with Crippen molar-refractivity contribution in [1.29, 1.82) is 0 Å². The molecule has 2 aliphatic carbocycles. The van der Waals surface area contributed by atoms with Gasteiger partial charge in [-0.05, 0) is 116 Å². The van der Waals surface area contributed by atoms with Crippen LogP contribution in [0.5, 0.6) is 5.75 Å². The number of ether oxygens (including phenoxy) is 1. The minimum Gasteiger partial charge on any atom is -0.472 e. The molecule has 1 atom stereocenters. The highest BCUT2D eigenvalue weighted by Crippen LogP contribution is 2.59. The molecule has 11 rings (SSSR count). The average Bonchev–Trinajstić information content (AvgIpc) is 3.63. The molecule has 4 aliphatic rings. The molecule has 2 heterocycles. The summed E-state index contributed by atoms with van der Waals surface area (Å²) < 4.78 is 50.1. The maximum Gasteiger partial charge on any atom is 0.416 e. The fourth-order valence-corrected chi connectivity index (χ4v) is 11.0. The first-order chi connectivity index (χ1) is 27.9. The first-order valence-corrected chi connectivity index (χ1v) is 20.6.